The maximum absolute atomic E-state index is 12.5. The molecule has 0 radical (unpaired) electrons. The molecule has 0 atom stereocenters. The minimum atomic E-state index is 0.00279. The van der Waals surface area contributed by atoms with Crippen LogP contribution in [0.15, 0.2) is 24.3 Å². The summed E-state index contributed by atoms with van der Waals surface area (Å²) in [5.74, 6) is 0.689. The van der Waals surface area contributed by atoms with Gasteiger partial charge in [0.15, 0.2) is 0 Å². The molecule has 0 aliphatic carbocycles. The van der Waals surface area contributed by atoms with Gasteiger partial charge in [0.1, 0.15) is 0 Å². The van der Waals surface area contributed by atoms with E-state index in [9.17, 15) is 9.59 Å². The molecule has 1 heterocycles. The number of hydrogen-bond donors (Lipinski definition) is 1. The van der Waals surface area contributed by atoms with Crippen LogP contribution in [0.2, 0.25) is 0 Å². The predicted octanol–water partition coefficient (Wildman–Crippen LogP) is 3.47. The van der Waals surface area contributed by atoms with Gasteiger partial charge in [-0.2, -0.15) is 0 Å². The van der Waals surface area contributed by atoms with Crippen molar-refractivity contribution >= 4 is 17.5 Å². The van der Waals surface area contributed by atoms with Crippen molar-refractivity contribution in [3.05, 3.63) is 29.8 Å². The van der Waals surface area contributed by atoms with Crippen molar-refractivity contribution in [3.63, 3.8) is 0 Å². The first kappa shape index (κ1) is 17.5. The molecule has 1 aromatic rings. The molecule has 0 spiro atoms. The van der Waals surface area contributed by atoms with Gasteiger partial charge in [-0.15, -0.1) is 0 Å². The average molecular weight is 316 g/mol. The average Bonchev–Trinajstić information content (AvgIpc) is 2.55. The summed E-state index contributed by atoms with van der Waals surface area (Å²) in [7, 11) is 0. The second-order valence-electron chi connectivity index (χ2n) is 6.75. The molecule has 126 valence electrons. The summed E-state index contributed by atoms with van der Waals surface area (Å²) in [6.45, 7) is 7.59. The van der Waals surface area contributed by atoms with Gasteiger partial charge in [-0.05, 0) is 36.8 Å². The van der Waals surface area contributed by atoms with Crippen molar-refractivity contribution in [2.24, 2.45) is 11.8 Å². The predicted molar refractivity (Wildman–Crippen MR) is 93.2 cm³/mol. The van der Waals surface area contributed by atoms with Crippen LogP contribution in [0.1, 0.15) is 45.6 Å². The van der Waals surface area contributed by atoms with Crippen LogP contribution in [0.25, 0.3) is 0 Å². The number of likely N-dealkylation sites (tertiary alicyclic amines) is 1. The molecule has 23 heavy (non-hydrogen) atoms. The zero-order chi connectivity index (χ0) is 16.8. The molecule has 2 rings (SSSR count). The molecule has 0 saturated carbocycles. The van der Waals surface area contributed by atoms with Gasteiger partial charge in [0.25, 0.3) is 0 Å². The van der Waals surface area contributed by atoms with Crippen LogP contribution in [0.3, 0.4) is 0 Å². The molecule has 2 amide bonds. The van der Waals surface area contributed by atoms with Gasteiger partial charge in [0, 0.05) is 31.1 Å². The van der Waals surface area contributed by atoms with Gasteiger partial charge >= 0.3 is 0 Å². The van der Waals surface area contributed by atoms with E-state index >= 15 is 0 Å². The first-order valence-corrected chi connectivity index (χ1v) is 8.67. The Kier molecular flexibility index (Phi) is 6.20. The van der Waals surface area contributed by atoms with Crippen LogP contribution >= 0.6 is 0 Å². The van der Waals surface area contributed by atoms with Gasteiger partial charge in [0.05, 0.1) is 0 Å². The van der Waals surface area contributed by atoms with E-state index in [1.165, 1.54) is 0 Å². The van der Waals surface area contributed by atoms with Crippen molar-refractivity contribution in [2.45, 2.75) is 46.5 Å². The number of piperidine rings is 1. The fraction of sp³-hybridized carbons (Fsp3) is 0.579. The second kappa shape index (κ2) is 8.14. The third-order valence-electron chi connectivity index (χ3n) is 4.46. The molecule has 1 saturated heterocycles. The van der Waals surface area contributed by atoms with Gasteiger partial charge in [-0.3, -0.25) is 9.59 Å². The summed E-state index contributed by atoms with van der Waals surface area (Å²) >= 11 is 0. The van der Waals surface area contributed by atoms with Crippen LogP contribution < -0.4 is 5.32 Å². The van der Waals surface area contributed by atoms with E-state index in [0.717, 1.165) is 30.5 Å². The third kappa shape index (κ3) is 4.81. The van der Waals surface area contributed by atoms with Crippen molar-refractivity contribution in [1.29, 1.82) is 0 Å². The minimum Gasteiger partial charge on any atom is -0.343 e. The number of carbonyl (C=O) groups excluding carboxylic acids is 2. The monoisotopic (exact) mass is 316 g/mol. The number of benzene rings is 1. The van der Waals surface area contributed by atoms with E-state index in [1.54, 1.807) is 0 Å². The van der Waals surface area contributed by atoms with Gasteiger partial charge < -0.3 is 10.2 Å². The standard InChI is InChI=1S/C19H28N2O2/c1-4-15-7-5-6-8-17(15)20-19(23)16-9-11-21(12-10-16)18(22)13-14(2)3/h5-8,14,16H,4,9-13H2,1-3H3,(H,20,23). The zero-order valence-corrected chi connectivity index (χ0v) is 14.5. The number of amides is 2. The summed E-state index contributed by atoms with van der Waals surface area (Å²) in [4.78, 5) is 26.5. The Morgan fingerprint density at radius 3 is 2.48 bits per heavy atom. The highest BCUT2D eigenvalue weighted by Crippen LogP contribution is 2.22. The molecule has 1 aromatic carbocycles. The van der Waals surface area contributed by atoms with Gasteiger partial charge in [-0.1, -0.05) is 39.0 Å². The fourth-order valence-corrected chi connectivity index (χ4v) is 3.05. The SMILES string of the molecule is CCc1ccccc1NC(=O)C1CCN(C(=O)CC(C)C)CC1. The lowest BCUT2D eigenvalue weighted by molar-refractivity contribution is -0.135. The van der Waals surface area contributed by atoms with E-state index in [2.05, 4.69) is 26.1 Å². The molecule has 0 aromatic heterocycles. The summed E-state index contributed by atoms with van der Waals surface area (Å²) < 4.78 is 0. The largest absolute Gasteiger partial charge is 0.343 e. The third-order valence-corrected chi connectivity index (χ3v) is 4.46. The molecule has 1 aliphatic heterocycles. The van der Waals surface area contributed by atoms with Crippen LogP contribution in [0, 0.1) is 11.8 Å². The Morgan fingerprint density at radius 2 is 1.87 bits per heavy atom. The number of para-hydroxylation sites is 1. The number of hydrogen-bond acceptors (Lipinski definition) is 2. The molecular formula is C19H28N2O2. The van der Waals surface area contributed by atoms with Crippen molar-refractivity contribution in [3.8, 4) is 0 Å². The highest BCUT2D eigenvalue weighted by molar-refractivity contribution is 5.93. The first-order chi connectivity index (χ1) is 11.0. The zero-order valence-electron chi connectivity index (χ0n) is 14.5. The Hall–Kier alpha value is -1.84. The quantitative estimate of drug-likeness (QED) is 0.904. The Bertz CT molecular complexity index is 546. The maximum atomic E-state index is 12.5. The molecule has 1 N–H and O–H groups in total. The van der Waals surface area contributed by atoms with E-state index in [0.29, 0.717) is 25.4 Å². The Morgan fingerprint density at radius 1 is 1.22 bits per heavy atom. The smallest absolute Gasteiger partial charge is 0.227 e. The number of carbonyl (C=O) groups is 2. The van der Waals surface area contributed by atoms with E-state index in [4.69, 9.17) is 0 Å². The van der Waals surface area contributed by atoms with E-state index in [-0.39, 0.29) is 17.7 Å². The van der Waals surface area contributed by atoms with E-state index < -0.39 is 0 Å². The van der Waals surface area contributed by atoms with Crippen molar-refractivity contribution < 1.29 is 9.59 Å². The highest BCUT2D eigenvalue weighted by Gasteiger charge is 2.27. The molecule has 4 heteroatoms. The van der Waals surface area contributed by atoms with E-state index in [1.807, 2.05) is 29.2 Å². The number of rotatable bonds is 5. The molecule has 1 fully saturated rings. The highest BCUT2D eigenvalue weighted by atomic mass is 16.2. The summed E-state index contributed by atoms with van der Waals surface area (Å²) in [6.07, 6.45) is 3.01. The molecule has 0 unspecified atom stereocenters. The lowest BCUT2D eigenvalue weighted by Gasteiger charge is -2.32. The normalized spacial score (nSPS) is 15.7. The molecular weight excluding hydrogens is 288 g/mol. The topological polar surface area (TPSA) is 49.4 Å². The van der Waals surface area contributed by atoms with Crippen molar-refractivity contribution in [2.75, 3.05) is 18.4 Å². The molecule has 4 nitrogen and oxygen atoms in total. The van der Waals surface area contributed by atoms with Crippen LogP contribution in [-0.2, 0) is 16.0 Å². The lowest BCUT2D eigenvalue weighted by Crippen LogP contribution is -2.41. The number of nitrogens with zero attached hydrogens (tertiary/aromatic N) is 1. The fourth-order valence-electron chi connectivity index (χ4n) is 3.05. The second-order valence-corrected chi connectivity index (χ2v) is 6.75. The molecule has 0 bridgehead atoms. The molecule has 1 aliphatic rings. The summed E-state index contributed by atoms with van der Waals surface area (Å²) in [6, 6.07) is 7.94. The van der Waals surface area contributed by atoms with Gasteiger partial charge in [-0.25, -0.2) is 0 Å². The van der Waals surface area contributed by atoms with Crippen molar-refractivity contribution in [1.82, 2.24) is 4.90 Å². The maximum Gasteiger partial charge on any atom is 0.227 e. The Balaban J connectivity index is 1.87. The summed E-state index contributed by atoms with van der Waals surface area (Å²) in [5, 5.41) is 3.07. The van der Waals surface area contributed by atoms with Crippen LogP contribution in [0.4, 0.5) is 5.69 Å². The Labute approximate surface area is 139 Å². The van der Waals surface area contributed by atoms with Crippen LogP contribution in [0.5, 0.6) is 0 Å². The first-order valence-electron chi connectivity index (χ1n) is 8.67. The number of anilines is 1. The minimum absolute atomic E-state index is 0.00279. The van der Waals surface area contributed by atoms with Gasteiger partial charge in [0.2, 0.25) is 11.8 Å². The number of nitrogens with one attached hydrogen (secondary N) is 1. The lowest BCUT2D eigenvalue weighted by atomic mass is 9.95. The number of aryl methyl sites for hydroxylation is 1. The summed E-state index contributed by atoms with van der Waals surface area (Å²) in [5.41, 5.74) is 2.07. The van der Waals surface area contributed by atoms with Crippen LogP contribution in [-0.4, -0.2) is 29.8 Å².